The highest BCUT2D eigenvalue weighted by Gasteiger charge is 2.09. The summed E-state index contributed by atoms with van der Waals surface area (Å²) in [5, 5.41) is 0. The van der Waals surface area contributed by atoms with Gasteiger partial charge in [-0.1, -0.05) is 114 Å². The van der Waals surface area contributed by atoms with E-state index >= 15 is 0 Å². The van der Waals surface area contributed by atoms with Crippen molar-refractivity contribution in [3.8, 4) is 0 Å². The smallest absolute Gasteiger partial charge is 0.0525 e. The number of rotatable bonds is 16. The molecule has 2 heteroatoms. The topological polar surface area (TPSA) is 3.24 Å². The van der Waals surface area contributed by atoms with Gasteiger partial charge in [0.2, 0.25) is 0 Å². The van der Waals surface area contributed by atoms with Crippen molar-refractivity contribution in [3.05, 3.63) is 60.7 Å². The lowest BCUT2D eigenvalue weighted by Crippen LogP contribution is -2.07. The first-order valence-corrected chi connectivity index (χ1v) is 12.4. The summed E-state index contributed by atoms with van der Waals surface area (Å²) in [6, 6.07) is 21.4. The van der Waals surface area contributed by atoms with Crippen LogP contribution in [-0.2, 0) is 0 Å². The number of para-hydroxylation sites is 2. The van der Waals surface area contributed by atoms with E-state index < -0.39 is 0 Å². The van der Waals surface area contributed by atoms with Crippen LogP contribution in [0.25, 0.3) is 0 Å². The Morgan fingerprint density at radius 2 is 0.929 bits per heavy atom. The number of unbranched alkanes of at least 4 members (excludes halogenated alkanes) is 11. The normalized spacial score (nSPS) is 10.9. The molecule has 0 aromatic heterocycles. The van der Waals surface area contributed by atoms with E-state index in [0.717, 1.165) is 0 Å². The number of hydrogen-bond donors (Lipinski definition) is 0. The molecule has 0 N–H and O–H groups in total. The second-order valence-electron chi connectivity index (χ2n) is 7.69. The molecule has 0 unspecified atom stereocenters. The fraction of sp³-hybridized carbons (Fsp3) is 0.538. The molecular formula is C26H39NS. The fourth-order valence-corrected chi connectivity index (χ4v) is 4.58. The average molecular weight is 398 g/mol. The van der Waals surface area contributed by atoms with Crippen LogP contribution in [0.3, 0.4) is 0 Å². The third kappa shape index (κ3) is 9.68. The van der Waals surface area contributed by atoms with Gasteiger partial charge in [-0.3, -0.25) is 4.31 Å². The molecule has 0 aliphatic carbocycles. The summed E-state index contributed by atoms with van der Waals surface area (Å²) >= 11 is 1.94. The van der Waals surface area contributed by atoms with E-state index in [-0.39, 0.29) is 0 Å². The standard InChI is InChI=1S/C26H39NS/c1-2-3-4-5-6-7-8-9-10-11-12-19-24-28-27(25-20-15-13-16-21-25)26-22-17-14-18-23-26/h13-18,20-23H,2-12,19,24H2,1H3. The maximum atomic E-state index is 2.37. The highest BCUT2D eigenvalue weighted by Crippen LogP contribution is 2.32. The van der Waals surface area contributed by atoms with Gasteiger partial charge in [-0.05, 0) is 42.6 Å². The Morgan fingerprint density at radius 3 is 1.36 bits per heavy atom. The van der Waals surface area contributed by atoms with Crippen LogP contribution in [0.2, 0.25) is 0 Å². The second kappa shape index (κ2) is 15.5. The van der Waals surface area contributed by atoms with E-state index in [1.54, 1.807) is 0 Å². The summed E-state index contributed by atoms with van der Waals surface area (Å²) in [7, 11) is 0. The van der Waals surface area contributed by atoms with Crippen LogP contribution in [0.5, 0.6) is 0 Å². The molecule has 0 radical (unpaired) electrons. The lowest BCUT2D eigenvalue weighted by Gasteiger charge is -2.23. The third-order valence-electron chi connectivity index (χ3n) is 5.20. The summed E-state index contributed by atoms with van der Waals surface area (Å²) in [4.78, 5) is 0. The number of hydrogen-bond acceptors (Lipinski definition) is 2. The summed E-state index contributed by atoms with van der Waals surface area (Å²) in [6.45, 7) is 2.29. The van der Waals surface area contributed by atoms with Crippen molar-refractivity contribution in [2.45, 2.75) is 84.0 Å². The fourth-order valence-electron chi connectivity index (χ4n) is 3.52. The van der Waals surface area contributed by atoms with E-state index in [0.29, 0.717) is 0 Å². The molecule has 0 atom stereocenters. The predicted molar refractivity (Wildman–Crippen MR) is 129 cm³/mol. The Bertz CT molecular complexity index is 544. The number of anilines is 2. The molecule has 0 aliphatic heterocycles. The first-order chi connectivity index (χ1) is 13.9. The molecule has 28 heavy (non-hydrogen) atoms. The Labute approximate surface area is 178 Å². The van der Waals surface area contributed by atoms with Crippen LogP contribution in [0.15, 0.2) is 60.7 Å². The van der Waals surface area contributed by atoms with E-state index in [1.807, 2.05) is 11.9 Å². The monoisotopic (exact) mass is 397 g/mol. The van der Waals surface area contributed by atoms with Crippen molar-refractivity contribution in [1.29, 1.82) is 0 Å². The summed E-state index contributed by atoms with van der Waals surface area (Å²) in [6.07, 6.45) is 16.9. The van der Waals surface area contributed by atoms with Crippen LogP contribution in [0.1, 0.15) is 84.0 Å². The molecule has 0 bridgehead atoms. The summed E-state index contributed by atoms with van der Waals surface area (Å²) in [5.74, 6) is 1.18. The maximum absolute atomic E-state index is 2.37. The molecule has 0 amide bonds. The quantitative estimate of drug-likeness (QED) is 0.205. The molecule has 0 fully saturated rings. The first-order valence-electron chi connectivity index (χ1n) is 11.4. The van der Waals surface area contributed by atoms with Crippen molar-refractivity contribution in [3.63, 3.8) is 0 Å². The summed E-state index contributed by atoms with van der Waals surface area (Å²) in [5.41, 5.74) is 2.52. The Morgan fingerprint density at radius 1 is 0.536 bits per heavy atom. The zero-order valence-corrected chi connectivity index (χ0v) is 18.6. The highest BCUT2D eigenvalue weighted by molar-refractivity contribution is 8.00. The SMILES string of the molecule is CCCCCCCCCCCCCCSN(c1ccccc1)c1ccccc1. The van der Waals surface area contributed by atoms with Crippen LogP contribution < -0.4 is 4.31 Å². The Balaban J connectivity index is 1.56. The second-order valence-corrected chi connectivity index (χ2v) is 8.72. The molecule has 0 aliphatic rings. The Kier molecular flexibility index (Phi) is 12.7. The third-order valence-corrected chi connectivity index (χ3v) is 6.35. The molecule has 154 valence electrons. The minimum absolute atomic E-state index is 1.18. The minimum Gasteiger partial charge on any atom is -0.285 e. The van der Waals surface area contributed by atoms with Crippen LogP contribution in [-0.4, -0.2) is 5.75 Å². The van der Waals surface area contributed by atoms with Gasteiger partial charge in [0.1, 0.15) is 0 Å². The van der Waals surface area contributed by atoms with Crippen molar-refractivity contribution in [2.24, 2.45) is 0 Å². The zero-order valence-electron chi connectivity index (χ0n) is 17.8. The van der Waals surface area contributed by atoms with Crippen molar-refractivity contribution in [2.75, 3.05) is 10.1 Å². The zero-order chi connectivity index (χ0) is 19.7. The van der Waals surface area contributed by atoms with Gasteiger partial charge in [0.15, 0.2) is 0 Å². The van der Waals surface area contributed by atoms with Gasteiger partial charge in [0, 0.05) is 5.75 Å². The molecule has 1 nitrogen and oxygen atoms in total. The van der Waals surface area contributed by atoms with Gasteiger partial charge in [-0.15, -0.1) is 0 Å². The van der Waals surface area contributed by atoms with E-state index in [4.69, 9.17) is 0 Å². The predicted octanol–water partition coefficient (Wildman–Crippen LogP) is 9.17. The minimum atomic E-state index is 1.18. The average Bonchev–Trinajstić information content (AvgIpc) is 2.75. The Hall–Kier alpha value is -1.41. The number of benzene rings is 2. The van der Waals surface area contributed by atoms with Crippen molar-refractivity contribution in [1.82, 2.24) is 0 Å². The van der Waals surface area contributed by atoms with Crippen LogP contribution >= 0.6 is 11.9 Å². The summed E-state index contributed by atoms with van der Waals surface area (Å²) < 4.78 is 2.37. The molecule has 0 saturated carbocycles. The van der Waals surface area contributed by atoms with Crippen LogP contribution in [0, 0.1) is 0 Å². The molecule has 0 spiro atoms. The van der Waals surface area contributed by atoms with Gasteiger partial charge in [-0.25, -0.2) is 0 Å². The van der Waals surface area contributed by atoms with Gasteiger partial charge in [-0.2, -0.15) is 0 Å². The van der Waals surface area contributed by atoms with E-state index in [9.17, 15) is 0 Å². The number of nitrogens with zero attached hydrogens (tertiary/aromatic N) is 1. The largest absolute Gasteiger partial charge is 0.285 e. The molecular weight excluding hydrogens is 358 g/mol. The van der Waals surface area contributed by atoms with Gasteiger partial charge in [0.25, 0.3) is 0 Å². The molecule has 0 heterocycles. The van der Waals surface area contributed by atoms with Crippen molar-refractivity contribution >= 4 is 23.3 Å². The molecule has 2 aromatic carbocycles. The first kappa shape index (κ1) is 22.9. The van der Waals surface area contributed by atoms with Crippen molar-refractivity contribution < 1.29 is 0 Å². The van der Waals surface area contributed by atoms with Crippen LogP contribution in [0.4, 0.5) is 11.4 Å². The lowest BCUT2D eigenvalue weighted by atomic mass is 10.1. The van der Waals surface area contributed by atoms with Gasteiger partial charge in [0.05, 0.1) is 11.4 Å². The molecule has 0 saturated heterocycles. The lowest BCUT2D eigenvalue weighted by molar-refractivity contribution is 0.548. The van der Waals surface area contributed by atoms with E-state index in [2.05, 4.69) is 71.9 Å². The highest BCUT2D eigenvalue weighted by atomic mass is 32.2. The molecule has 2 aromatic rings. The van der Waals surface area contributed by atoms with Gasteiger partial charge < -0.3 is 0 Å². The maximum Gasteiger partial charge on any atom is 0.0525 e. The van der Waals surface area contributed by atoms with Gasteiger partial charge >= 0.3 is 0 Å². The van der Waals surface area contributed by atoms with E-state index in [1.165, 1.54) is 94.2 Å². The molecule has 2 rings (SSSR count).